The summed E-state index contributed by atoms with van der Waals surface area (Å²) < 4.78 is 7.62. The number of rotatable bonds is 3. The largest absolute Gasteiger partial charge is 0.490 e. The van der Waals surface area contributed by atoms with Crippen molar-refractivity contribution in [1.82, 2.24) is 4.57 Å². The maximum Gasteiger partial charge on any atom is 0.258 e. The van der Waals surface area contributed by atoms with E-state index >= 15 is 0 Å². The van der Waals surface area contributed by atoms with Gasteiger partial charge in [0.15, 0.2) is 5.78 Å². The smallest absolute Gasteiger partial charge is 0.258 e. The van der Waals surface area contributed by atoms with Gasteiger partial charge in [-0.2, -0.15) is 0 Å². The maximum absolute atomic E-state index is 13.0. The summed E-state index contributed by atoms with van der Waals surface area (Å²) in [5.41, 5.74) is 2.80. The normalized spacial score (nSPS) is 13.0. The number of hydrogen-bond donors (Lipinski definition) is 0. The van der Waals surface area contributed by atoms with Crippen LogP contribution in [0.3, 0.4) is 0 Å². The molecule has 0 radical (unpaired) electrons. The molecular formula is C21H18N2O3. The Kier molecular flexibility index (Phi) is 4.05. The molecule has 0 fully saturated rings. The Morgan fingerprint density at radius 2 is 1.65 bits per heavy atom. The quantitative estimate of drug-likeness (QED) is 0.679. The molecule has 0 N–H and O–H groups in total. The maximum atomic E-state index is 13.0. The van der Waals surface area contributed by atoms with Gasteiger partial charge >= 0.3 is 0 Å². The number of anilines is 1. The highest BCUT2D eigenvalue weighted by Crippen LogP contribution is 2.33. The first kappa shape index (κ1) is 16.1. The summed E-state index contributed by atoms with van der Waals surface area (Å²) in [5.74, 6) is 0.481. The lowest BCUT2D eigenvalue weighted by Crippen LogP contribution is -2.38. The van der Waals surface area contributed by atoms with Crippen molar-refractivity contribution < 1.29 is 14.3 Å². The fraction of sp³-hybridized carbons (Fsp3) is 0.143. The zero-order valence-electron chi connectivity index (χ0n) is 14.4. The molecule has 2 aromatic carbocycles. The van der Waals surface area contributed by atoms with Gasteiger partial charge in [-0.15, -0.1) is 0 Å². The van der Waals surface area contributed by atoms with Crippen LogP contribution in [0.5, 0.6) is 5.75 Å². The summed E-state index contributed by atoms with van der Waals surface area (Å²) in [7, 11) is 0. The Morgan fingerprint density at radius 1 is 0.962 bits per heavy atom. The number of amides is 1. The van der Waals surface area contributed by atoms with E-state index in [0.29, 0.717) is 35.7 Å². The van der Waals surface area contributed by atoms with Crippen molar-refractivity contribution in [2.24, 2.45) is 0 Å². The molecule has 26 heavy (non-hydrogen) atoms. The van der Waals surface area contributed by atoms with Crippen molar-refractivity contribution in [3.05, 3.63) is 78.1 Å². The van der Waals surface area contributed by atoms with E-state index < -0.39 is 0 Å². The molecule has 1 aliphatic heterocycles. The topological polar surface area (TPSA) is 51.5 Å². The lowest BCUT2D eigenvalue weighted by atomic mass is 10.1. The third-order valence-electron chi connectivity index (χ3n) is 4.49. The molecule has 0 saturated carbocycles. The number of benzene rings is 2. The van der Waals surface area contributed by atoms with Crippen LogP contribution in [0.1, 0.15) is 27.6 Å². The van der Waals surface area contributed by atoms with E-state index in [-0.39, 0.29) is 11.7 Å². The first-order valence-corrected chi connectivity index (χ1v) is 8.46. The third-order valence-corrected chi connectivity index (χ3v) is 4.49. The summed E-state index contributed by atoms with van der Waals surface area (Å²) in [4.78, 5) is 26.4. The van der Waals surface area contributed by atoms with Crippen LogP contribution in [-0.2, 0) is 0 Å². The molecular weight excluding hydrogens is 328 g/mol. The lowest BCUT2D eigenvalue weighted by molar-refractivity contribution is 0.0973. The monoisotopic (exact) mass is 346 g/mol. The number of carbonyl (C=O) groups excluding carboxylic acids is 2. The number of Topliss-reactive ketones (excluding diaryl/α,β-unsaturated/α-hetero) is 1. The summed E-state index contributed by atoms with van der Waals surface area (Å²) in [5, 5.41) is 0. The number of hydrogen-bond acceptors (Lipinski definition) is 3. The molecule has 0 unspecified atom stereocenters. The predicted octanol–water partition coefficient (Wildman–Crippen LogP) is 3.72. The van der Waals surface area contributed by atoms with Crippen molar-refractivity contribution in [2.45, 2.75) is 6.92 Å². The fourth-order valence-electron chi connectivity index (χ4n) is 3.09. The summed E-state index contributed by atoms with van der Waals surface area (Å²) in [6.07, 6.45) is 3.91. The number of carbonyl (C=O) groups is 2. The Morgan fingerprint density at radius 3 is 2.35 bits per heavy atom. The van der Waals surface area contributed by atoms with Crippen LogP contribution in [0.25, 0.3) is 5.69 Å². The van der Waals surface area contributed by atoms with Crippen molar-refractivity contribution in [3.8, 4) is 11.4 Å². The minimum absolute atomic E-state index is 0.0400. The molecule has 1 amide bonds. The lowest BCUT2D eigenvalue weighted by Gasteiger charge is -2.30. The van der Waals surface area contributed by atoms with E-state index in [1.54, 1.807) is 23.1 Å². The molecule has 130 valence electrons. The van der Waals surface area contributed by atoms with E-state index in [2.05, 4.69) is 0 Å². The van der Waals surface area contributed by atoms with Crippen LogP contribution in [0.15, 0.2) is 67.0 Å². The zero-order chi connectivity index (χ0) is 18.1. The Hall–Kier alpha value is -3.34. The molecule has 5 heteroatoms. The van der Waals surface area contributed by atoms with E-state index in [4.69, 9.17) is 4.74 Å². The number of ether oxygens (including phenoxy) is 1. The van der Waals surface area contributed by atoms with Crippen LogP contribution in [0, 0.1) is 0 Å². The molecule has 0 spiro atoms. The Labute approximate surface area is 151 Å². The van der Waals surface area contributed by atoms with Gasteiger partial charge in [0, 0.05) is 29.2 Å². The van der Waals surface area contributed by atoms with Gasteiger partial charge < -0.3 is 14.2 Å². The molecule has 5 nitrogen and oxygen atoms in total. The van der Waals surface area contributed by atoms with Gasteiger partial charge in [-0.05, 0) is 61.5 Å². The van der Waals surface area contributed by atoms with Gasteiger partial charge in [-0.3, -0.25) is 9.59 Å². The molecule has 0 bridgehead atoms. The van der Waals surface area contributed by atoms with Crippen LogP contribution in [0.4, 0.5) is 5.69 Å². The average Bonchev–Trinajstić information content (AvgIpc) is 3.21. The van der Waals surface area contributed by atoms with Gasteiger partial charge in [0.1, 0.15) is 12.4 Å². The highest BCUT2D eigenvalue weighted by molar-refractivity contribution is 6.08. The van der Waals surface area contributed by atoms with Crippen molar-refractivity contribution >= 4 is 17.4 Å². The van der Waals surface area contributed by atoms with Gasteiger partial charge in [-0.25, -0.2) is 0 Å². The number of ketones is 1. The van der Waals surface area contributed by atoms with Crippen LogP contribution in [-0.4, -0.2) is 29.4 Å². The van der Waals surface area contributed by atoms with Gasteiger partial charge in [0.2, 0.25) is 0 Å². The molecule has 2 heterocycles. The van der Waals surface area contributed by atoms with Crippen LogP contribution in [0.2, 0.25) is 0 Å². The number of aromatic nitrogens is 1. The van der Waals surface area contributed by atoms with E-state index in [1.165, 1.54) is 6.92 Å². The molecule has 4 rings (SSSR count). The first-order valence-electron chi connectivity index (χ1n) is 8.46. The van der Waals surface area contributed by atoms with E-state index in [9.17, 15) is 9.59 Å². The minimum atomic E-state index is -0.102. The summed E-state index contributed by atoms with van der Waals surface area (Å²) in [6, 6.07) is 16.6. The Balaban J connectivity index is 1.65. The number of fused-ring (bicyclic) bond motifs is 1. The summed E-state index contributed by atoms with van der Waals surface area (Å²) >= 11 is 0. The average molecular weight is 346 g/mol. The highest BCUT2D eigenvalue weighted by atomic mass is 16.5. The van der Waals surface area contributed by atoms with Gasteiger partial charge in [-0.1, -0.05) is 0 Å². The second-order valence-corrected chi connectivity index (χ2v) is 6.18. The van der Waals surface area contributed by atoms with E-state index in [0.717, 1.165) is 5.69 Å². The van der Waals surface area contributed by atoms with E-state index in [1.807, 2.05) is 53.4 Å². The summed E-state index contributed by atoms with van der Waals surface area (Å²) in [6.45, 7) is 2.39. The van der Waals surface area contributed by atoms with Crippen LogP contribution < -0.4 is 9.64 Å². The first-order chi connectivity index (χ1) is 12.6. The molecule has 0 aliphatic carbocycles. The predicted molar refractivity (Wildman–Crippen MR) is 99.4 cm³/mol. The number of nitrogens with zero attached hydrogens (tertiary/aromatic N) is 2. The Bertz CT molecular complexity index is 959. The van der Waals surface area contributed by atoms with Gasteiger partial charge in [0.05, 0.1) is 12.2 Å². The minimum Gasteiger partial charge on any atom is -0.490 e. The van der Waals surface area contributed by atoms with Crippen LogP contribution >= 0.6 is 0 Å². The fourth-order valence-corrected chi connectivity index (χ4v) is 3.09. The SMILES string of the molecule is CC(=O)c1ccc2c(c1)N(C(=O)c1ccc(-n3cccc3)cc1)CCO2. The van der Waals surface area contributed by atoms with Gasteiger partial charge in [0.25, 0.3) is 5.91 Å². The molecule has 1 aliphatic rings. The third kappa shape index (κ3) is 2.88. The van der Waals surface area contributed by atoms with Crippen molar-refractivity contribution in [1.29, 1.82) is 0 Å². The molecule has 1 aromatic heterocycles. The zero-order valence-corrected chi connectivity index (χ0v) is 14.4. The van der Waals surface area contributed by atoms with Crippen molar-refractivity contribution in [3.63, 3.8) is 0 Å². The van der Waals surface area contributed by atoms with Crippen molar-refractivity contribution in [2.75, 3.05) is 18.1 Å². The standard InChI is InChI=1S/C21H18N2O3/c1-15(24)17-6-9-20-19(14-17)23(12-13-26-20)21(25)16-4-7-18(8-5-16)22-10-2-3-11-22/h2-11,14H,12-13H2,1H3. The molecule has 3 aromatic rings. The molecule has 0 atom stereocenters. The second kappa shape index (κ2) is 6.52. The molecule has 0 saturated heterocycles. The second-order valence-electron chi connectivity index (χ2n) is 6.18. The highest BCUT2D eigenvalue weighted by Gasteiger charge is 2.25.